The van der Waals surface area contributed by atoms with E-state index in [-0.39, 0.29) is 11.9 Å². The van der Waals surface area contributed by atoms with Crippen LogP contribution in [0.1, 0.15) is 18.0 Å². The minimum Gasteiger partial charge on any atom is -0.481 e. The number of likely N-dealkylation sites (tertiary alicyclic amines) is 1. The van der Waals surface area contributed by atoms with E-state index in [1.807, 2.05) is 11.9 Å². The summed E-state index contributed by atoms with van der Waals surface area (Å²) in [6.45, 7) is 0.734. The van der Waals surface area contributed by atoms with Gasteiger partial charge in [-0.15, -0.1) is 0 Å². The Bertz CT molecular complexity index is 408. The molecule has 0 radical (unpaired) electrons. The van der Waals surface area contributed by atoms with Crippen molar-refractivity contribution in [1.82, 2.24) is 4.90 Å². The Morgan fingerprint density at radius 1 is 1.56 bits per heavy atom. The third kappa shape index (κ3) is 1.93. The third-order valence-corrected chi connectivity index (χ3v) is 3.16. The molecule has 1 aromatic rings. The maximum atomic E-state index is 13.1. The maximum Gasteiger partial charge on any atom is 0.308 e. The highest BCUT2D eigenvalue weighted by Gasteiger charge is 2.37. The molecule has 86 valence electrons. The minimum atomic E-state index is -0.807. The predicted octanol–water partition coefficient (Wildman–Crippen LogP) is 1.90. The van der Waals surface area contributed by atoms with Crippen LogP contribution in [0.15, 0.2) is 24.3 Å². The smallest absolute Gasteiger partial charge is 0.308 e. The summed E-state index contributed by atoms with van der Waals surface area (Å²) in [5.41, 5.74) is 0.743. The van der Waals surface area contributed by atoms with Crippen molar-refractivity contribution in [3.63, 3.8) is 0 Å². The Labute approximate surface area is 93.5 Å². The first-order chi connectivity index (χ1) is 7.59. The van der Waals surface area contributed by atoms with Gasteiger partial charge in [0.1, 0.15) is 5.82 Å². The van der Waals surface area contributed by atoms with E-state index >= 15 is 0 Å². The number of carbonyl (C=O) groups is 1. The first-order valence-electron chi connectivity index (χ1n) is 5.28. The van der Waals surface area contributed by atoms with E-state index in [0.29, 0.717) is 6.42 Å². The third-order valence-electron chi connectivity index (χ3n) is 3.16. The van der Waals surface area contributed by atoms with Crippen molar-refractivity contribution in [2.75, 3.05) is 13.6 Å². The van der Waals surface area contributed by atoms with Gasteiger partial charge >= 0.3 is 5.97 Å². The monoisotopic (exact) mass is 223 g/mol. The Morgan fingerprint density at radius 3 is 2.94 bits per heavy atom. The van der Waals surface area contributed by atoms with Crippen LogP contribution in [0.2, 0.25) is 0 Å². The van der Waals surface area contributed by atoms with Crippen LogP contribution in [0.25, 0.3) is 0 Å². The van der Waals surface area contributed by atoms with E-state index < -0.39 is 11.9 Å². The molecule has 2 rings (SSSR count). The van der Waals surface area contributed by atoms with Gasteiger partial charge in [0, 0.05) is 6.04 Å². The number of nitrogens with zero attached hydrogens (tertiary/aromatic N) is 1. The average molecular weight is 223 g/mol. The van der Waals surface area contributed by atoms with Crippen molar-refractivity contribution in [3.8, 4) is 0 Å². The molecule has 0 bridgehead atoms. The van der Waals surface area contributed by atoms with Crippen LogP contribution in [-0.4, -0.2) is 29.6 Å². The number of hydrogen-bond acceptors (Lipinski definition) is 2. The van der Waals surface area contributed by atoms with E-state index in [1.54, 1.807) is 12.1 Å². The van der Waals surface area contributed by atoms with Gasteiger partial charge in [-0.05, 0) is 37.7 Å². The van der Waals surface area contributed by atoms with Crippen LogP contribution < -0.4 is 0 Å². The van der Waals surface area contributed by atoms with E-state index in [2.05, 4.69) is 0 Å². The van der Waals surface area contributed by atoms with Gasteiger partial charge in [-0.25, -0.2) is 4.39 Å². The van der Waals surface area contributed by atoms with Gasteiger partial charge in [-0.3, -0.25) is 9.69 Å². The second-order valence-electron chi connectivity index (χ2n) is 4.21. The molecular weight excluding hydrogens is 209 g/mol. The second kappa shape index (κ2) is 4.22. The van der Waals surface area contributed by atoms with E-state index in [0.717, 1.165) is 12.1 Å². The van der Waals surface area contributed by atoms with E-state index in [9.17, 15) is 9.18 Å². The molecule has 0 spiro atoms. The summed E-state index contributed by atoms with van der Waals surface area (Å²) in [5.74, 6) is -1.56. The van der Waals surface area contributed by atoms with Crippen LogP contribution in [-0.2, 0) is 4.79 Å². The fraction of sp³-hybridized carbons (Fsp3) is 0.417. The average Bonchev–Trinajstić information content (AvgIpc) is 2.60. The molecule has 4 heteroatoms. The number of halogens is 1. The predicted molar refractivity (Wildman–Crippen MR) is 57.5 cm³/mol. The lowest BCUT2D eigenvalue weighted by molar-refractivity contribution is -0.142. The van der Waals surface area contributed by atoms with Crippen molar-refractivity contribution >= 4 is 5.97 Å². The summed E-state index contributed by atoms with van der Waals surface area (Å²) in [6, 6.07) is 5.98. The van der Waals surface area contributed by atoms with Crippen molar-refractivity contribution in [3.05, 3.63) is 35.6 Å². The molecule has 1 heterocycles. The lowest BCUT2D eigenvalue weighted by Crippen LogP contribution is -2.25. The largest absolute Gasteiger partial charge is 0.481 e. The van der Waals surface area contributed by atoms with E-state index in [4.69, 9.17) is 5.11 Å². The molecule has 1 saturated heterocycles. The van der Waals surface area contributed by atoms with Gasteiger partial charge in [0.15, 0.2) is 0 Å². The zero-order chi connectivity index (χ0) is 11.7. The number of aliphatic carboxylic acids is 1. The topological polar surface area (TPSA) is 40.5 Å². The zero-order valence-corrected chi connectivity index (χ0v) is 9.06. The standard InChI is InChI=1S/C12H14FNO2/c1-14-6-5-10(12(15)16)11(14)8-3-2-4-9(13)7-8/h2-4,7,10-11H,5-6H2,1H3,(H,15,16). The zero-order valence-electron chi connectivity index (χ0n) is 9.06. The first kappa shape index (κ1) is 11.1. The fourth-order valence-electron chi connectivity index (χ4n) is 2.38. The van der Waals surface area contributed by atoms with Crippen molar-refractivity contribution < 1.29 is 14.3 Å². The molecule has 1 fully saturated rings. The molecule has 0 amide bonds. The summed E-state index contributed by atoms with van der Waals surface area (Å²) in [5, 5.41) is 9.11. The van der Waals surface area contributed by atoms with Crippen molar-refractivity contribution in [2.24, 2.45) is 5.92 Å². The number of hydrogen-bond donors (Lipinski definition) is 1. The van der Waals surface area contributed by atoms with Crippen LogP contribution in [0.5, 0.6) is 0 Å². The molecule has 2 unspecified atom stereocenters. The van der Waals surface area contributed by atoms with Crippen molar-refractivity contribution in [2.45, 2.75) is 12.5 Å². The van der Waals surface area contributed by atoms with Crippen LogP contribution >= 0.6 is 0 Å². The SMILES string of the molecule is CN1CCC(C(=O)O)C1c1cccc(F)c1. The summed E-state index contributed by atoms with van der Waals surface area (Å²) >= 11 is 0. The van der Waals surface area contributed by atoms with Crippen LogP contribution in [0.4, 0.5) is 4.39 Å². The summed E-state index contributed by atoms with van der Waals surface area (Å²) < 4.78 is 13.1. The van der Waals surface area contributed by atoms with Gasteiger partial charge in [-0.1, -0.05) is 12.1 Å². The Kier molecular flexibility index (Phi) is 2.92. The molecular formula is C12H14FNO2. The van der Waals surface area contributed by atoms with Gasteiger partial charge in [-0.2, -0.15) is 0 Å². The molecule has 2 atom stereocenters. The molecule has 0 aliphatic carbocycles. The summed E-state index contributed by atoms with van der Waals surface area (Å²) in [7, 11) is 1.87. The second-order valence-corrected chi connectivity index (χ2v) is 4.21. The first-order valence-corrected chi connectivity index (χ1v) is 5.28. The Morgan fingerprint density at radius 2 is 2.31 bits per heavy atom. The molecule has 0 aromatic heterocycles. The van der Waals surface area contributed by atoms with Crippen LogP contribution in [0.3, 0.4) is 0 Å². The Hall–Kier alpha value is -1.42. The highest BCUT2D eigenvalue weighted by Crippen LogP contribution is 2.36. The Balaban J connectivity index is 2.33. The molecule has 1 N–H and O–H groups in total. The fourth-order valence-corrected chi connectivity index (χ4v) is 2.38. The quantitative estimate of drug-likeness (QED) is 0.832. The lowest BCUT2D eigenvalue weighted by Gasteiger charge is -2.23. The van der Waals surface area contributed by atoms with Gasteiger partial charge in [0.2, 0.25) is 0 Å². The summed E-state index contributed by atoms with van der Waals surface area (Å²) in [6.07, 6.45) is 0.618. The van der Waals surface area contributed by atoms with Gasteiger partial charge in [0.25, 0.3) is 0 Å². The van der Waals surface area contributed by atoms with Gasteiger partial charge < -0.3 is 5.11 Å². The highest BCUT2D eigenvalue weighted by molar-refractivity contribution is 5.71. The number of benzene rings is 1. The molecule has 0 saturated carbocycles. The molecule has 1 aliphatic heterocycles. The normalized spacial score (nSPS) is 25.9. The van der Waals surface area contributed by atoms with E-state index in [1.165, 1.54) is 12.1 Å². The maximum absolute atomic E-state index is 13.1. The summed E-state index contributed by atoms with van der Waals surface area (Å²) in [4.78, 5) is 13.1. The lowest BCUT2D eigenvalue weighted by atomic mass is 9.94. The van der Waals surface area contributed by atoms with Gasteiger partial charge in [0.05, 0.1) is 5.92 Å². The highest BCUT2D eigenvalue weighted by atomic mass is 19.1. The van der Waals surface area contributed by atoms with Crippen molar-refractivity contribution in [1.29, 1.82) is 0 Å². The number of carboxylic acids is 1. The number of carboxylic acid groups (broad SMARTS) is 1. The number of rotatable bonds is 2. The molecule has 1 aromatic carbocycles. The van der Waals surface area contributed by atoms with Crippen LogP contribution in [0, 0.1) is 11.7 Å². The molecule has 3 nitrogen and oxygen atoms in total. The molecule has 1 aliphatic rings. The minimum absolute atomic E-state index is 0.215. The molecule has 16 heavy (non-hydrogen) atoms.